The summed E-state index contributed by atoms with van der Waals surface area (Å²) in [5.74, 6) is -0.506. The molecule has 2 aromatic carbocycles. The molecule has 1 heterocycles. The zero-order chi connectivity index (χ0) is 24.5. The molecule has 178 valence electrons. The van der Waals surface area contributed by atoms with Gasteiger partial charge in [-0.15, -0.1) is 0 Å². The summed E-state index contributed by atoms with van der Waals surface area (Å²) in [4.78, 5) is 26.1. The molecule has 34 heavy (non-hydrogen) atoms. The van der Waals surface area contributed by atoms with Crippen LogP contribution in [0.25, 0.3) is 6.08 Å². The second-order valence-electron chi connectivity index (χ2n) is 7.28. The molecular formula is C24H25ClN4O5. The number of morpholine rings is 1. The molecule has 2 aromatic rings. The van der Waals surface area contributed by atoms with Gasteiger partial charge in [0.15, 0.2) is 18.1 Å². The highest BCUT2D eigenvalue weighted by molar-refractivity contribution is 6.31. The lowest BCUT2D eigenvalue weighted by Crippen LogP contribution is -2.36. The van der Waals surface area contributed by atoms with Gasteiger partial charge in [-0.25, -0.2) is 0 Å². The number of hydrogen-bond acceptors (Lipinski definition) is 7. The van der Waals surface area contributed by atoms with Crippen molar-refractivity contribution in [3.63, 3.8) is 0 Å². The Balaban J connectivity index is 1.84. The summed E-state index contributed by atoms with van der Waals surface area (Å²) >= 11 is 6.16. The fourth-order valence-corrected chi connectivity index (χ4v) is 3.52. The SMILES string of the molecule is CCOc1cc(/C=C(\C#N)C(=O)Nc2cc(Cl)ccc2N2CCOCC2)ccc1OCC(N)=O. The average Bonchev–Trinajstić information content (AvgIpc) is 2.82. The molecule has 10 heteroatoms. The van der Waals surface area contributed by atoms with E-state index in [-0.39, 0.29) is 12.2 Å². The number of amides is 2. The van der Waals surface area contributed by atoms with E-state index in [0.29, 0.717) is 60.7 Å². The van der Waals surface area contributed by atoms with E-state index < -0.39 is 11.8 Å². The molecule has 1 aliphatic rings. The topological polar surface area (TPSA) is 127 Å². The monoisotopic (exact) mass is 484 g/mol. The molecule has 0 aliphatic carbocycles. The fourth-order valence-electron chi connectivity index (χ4n) is 3.34. The summed E-state index contributed by atoms with van der Waals surface area (Å²) in [6, 6.07) is 12.0. The standard InChI is InChI=1S/C24H25ClN4O5/c1-2-33-22-12-16(3-6-21(22)34-15-23(27)30)11-17(14-26)24(31)28-19-13-18(25)4-5-20(19)29-7-9-32-10-8-29/h3-6,11-13H,2,7-10,15H2,1H3,(H2,27,30)(H,28,31)/b17-11+. The Kier molecular flexibility index (Phi) is 8.73. The van der Waals surface area contributed by atoms with Crippen molar-refractivity contribution in [2.75, 3.05) is 49.7 Å². The second kappa shape index (κ2) is 11.9. The molecule has 9 nitrogen and oxygen atoms in total. The quantitative estimate of drug-likeness (QED) is 0.413. The maximum atomic E-state index is 13.0. The minimum absolute atomic E-state index is 0.110. The van der Waals surface area contributed by atoms with Crippen LogP contribution >= 0.6 is 11.6 Å². The van der Waals surface area contributed by atoms with Crippen molar-refractivity contribution in [3.8, 4) is 17.6 Å². The molecule has 3 rings (SSSR count). The summed E-state index contributed by atoms with van der Waals surface area (Å²) < 4.78 is 16.3. The highest BCUT2D eigenvalue weighted by atomic mass is 35.5. The van der Waals surface area contributed by atoms with E-state index in [2.05, 4.69) is 10.2 Å². The molecule has 1 aliphatic heterocycles. The molecule has 1 saturated heterocycles. The number of halogens is 1. The van der Waals surface area contributed by atoms with E-state index in [0.717, 1.165) is 5.69 Å². The van der Waals surface area contributed by atoms with Crippen molar-refractivity contribution in [2.45, 2.75) is 6.92 Å². The molecule has 1 fully saturated rings. The number of hydrogen-bond donors (Lipinski definition) is 2. The van der Waals surface area contributed by atoms with E-state index >= 15 is 0 Å². The number of nitriles is 1. The van der Waals surface area contributed by atoms with Crippen LogP contribution in [0.3, 0.4) is 0 Å². The zero-order valence-electron chi connectivity index (χ0n) is 18.7. The third-order valence-corrected chi connectivity index (χ3v) is 5.11. The molecule has 2 amide bonds. The van der Waals surface area contributed by atoms with Gasteiger partial charge in [0.1, 0.15) is 11.6 Å². The molecular weight excluding hydrogens is 460 g/mol. The summed E-state index contributed by atoms with van der Waals surface area (Å²) in [5.41, 5.74) is 6.87. The maximum Gasteiger partial charge on any atom is 0.266 e. The third-order valence-electron chi connectivity index (χ3n) is 4.87. The smallest absolute Gasteiger partial charge is 0.266 e. The molecule has 0 bridgehead atoms. The van der Waals surface area contributed by atoms with E-state index in [1.165, 1.54) is 6.08 Å². The predicted molar refractivity (Wildman–Crippen MR) is 129 cm³/mol. The Morgan fingerprint density at radius 2 is 1.97 bits per heavy atom. The zero-order valence-corrected chi connectivity index (χ0v) is 19.4. The van der Waals surface area contributed by atoms with Crippen LogP contribution in [-0.4, -0.2) is 51.3 Å². The van der Waals surface area contributed by atoms with E-state index in [1.807, 2.05) is 12.1 Å². The number of anilines is 2. The van der Waals surface area contributed by atoms with Crippen molar-refractivity contribution in [3.05, 3.63) is 52.6 Å². The van der Waals surface area contributed by atoms with Crippen molar-refractivity contribution in [2.24, 2.45) is 5.73 Å². The average molecular weight is 485 g/mol. The first-order valence-corrected chi connectivity index (χ1v) is 11.0. The number of carbonyl (C=O) groups excluding carboxylic acids is 2. The normalized spacial score (nSPS) is 13.7. The molecule has 0 spiro atoms. The van der Waals surface area contributed by atoms with Crippen LogP contribution < -0.4 is 25.4 Å². The van der Waals surface area contributed by atoms with Crippen molar-refractivity contribution in [1.29, 1.82) is 5.26 Å². The Labute approximate surface area is 202 Å². The predicted octanol–water partition coefficient (Wildman–Crippen LogP) is 2.99. The maximum absolute atomic E-state index is 13.0. The van der Waals surface area contributed by atoms with Crippen molar-refractivity contribution >= 4 is 40.9 Å². The summed E-state index contributed by atoms with van der Waals surface area (Å²) in [7, 11) is 0. The summed E-state index contributed by atoms with van der Waals surface area (Å²) in [6.07, 6.45) is 1.44. The molecule has 0 radical (unpaired) electrons. The first kappa shape index (κ1) is 24.9. The van der Waals surface area contributed by atoms with Gasteiger partial charge >= 0.3 is 0 Å². The first-order valence-electron chi connectivity index (χ1n) is 10.6. The Morgan fingerprint density at radius 3 is 2.65 bits per heavy atom. The number of carbonyl (C=O) groups is 2. The number of nitrogens with two attached hydrogens (primary N) is 1. The van der Waals surface area contributed by atoms with Crippen LogP contribution in [0.2, 0.25) is 5.02 Å². The number of nitrogens with zero attached hydrogens (tertiary/aromatic N) is 2. The van der Waals surface area contributed by atoms with Gasteiger partial charge in [-0.3, -0.25) is 9.59 Å². The Hall–Kier alpha value is -3.74. The summed E-state index contributed by atoms with van der Waals surface area (Å²) in [5, 5.41) is 12.9. The highest BCUT2D eigenvalue weighted by Gasteiger charge is 2.18. The highest BCUT2D eigenvalue weighted by Crippen LogP contribution is 2.31. The lowest BCUT2D eigenvalue weighted by molar-refractivity contribution is -0.120. The Bertz CT molecular complexity index is 1120. The first-order chi connectivity index (χ1) is 16.4. The van der Waals surface area contributed by atoms with Crippen LogP contribution in [0.4, 0.5) is 11.4 Å². The van der Waals surface area contributed by atoms with Crippen LogP contribution in [0.5, 0.6) is 11.5 Å². The Morgan fingerprint density at radius 1 is 1.21 bits per heavy atom. The molecule has 0 saturated carbocycles. The lowest BCUT2D eigenvalue weighted by Gasteiger charge is -2.30. The van der Waals surface area contributed by atoms with E-state index in [9.17, 15) is 14.9 Å². The number of rotatable bonds is 9. The van der Waals surface area contributed by atoms with Gasteiger partial charge < -0.3 is 30.2 Å². The van der Waals surface area contributed by atoms with Gasteiger partial charge in [-0.05, 0) is 48.9 Å². The van der Waals surface area contributed by atoms with Gasteiger partial charge in [0.2, 0.25) is 0 Å². The molecule has 0 atom stereocenters. The summed E-state index contributed by atoms with van der Waals surface area (Å²) in [6.45, 7) is 4.37. The second-order valence-corrected chi connectivity index (χ2v) is 7.72. The van der Waals surface area contributed by atoms with Gasteiger partial charge in [0.25, 0.3) is 11.8 Å². The van der Waals surface area contributed by atoms with E-state index in [1.54, 1.807) is 37.3 Å². The van der Waals surface area contributed by atoms with Gasteiger partial charge in [-0.1, -0.05) is 17.7 Å². The largest absolute Gasteiger partial charge is 0.490 e. The molecule has 3 N–H and O–H groups in total. The van der Waals surface area contributed by atoms with Crippen LogP contribution in [0, 0.1) is 11.3 Å². The van der Waals surface area contributed by atoms with Gasteiger partial charge in [0.05, 0.1) is 31.2 Å². The van der Waals surface area contributed by atoms with Crippen LogP contribution in [-0.2, 0) is 14.3 Å². The number of nitrogens with one attached hydrogen (secondary N) is 1. The van der Waals surface area contributed by atoms with Crippen molar-refractivity contribution in [1.82, 2.24) is 0 Å². The minimum atomic E-state index is -0.618. The molecule has 0 aromatic heterocycles. The minimum Gasteiger partial charge on any atom is -0.490 e. The number of primary amides is 1. The van der Waals surface area contributed by atoms with Crippen LogP contribution in [0.1, 0.15) is 12.5 Å². The van der Waals surface area contributed by atoms with Crippen LogP contribution in [0.15, 0.2) is 42.0 Å². The number of ether oxygens (including phenoxy) is 3. The lowest BCUT2D eigenvalue weighted by atomic mass is 10.1. The van der Waals surface area contributed by atoms with Gasteiger partial charge in [0, 0.05) is 18.1 Å². The number of benzene rings is 2. The van der Waals surface area contributed by atoms with E-state index in [4.69, 9.17) is 31.5 Å². The molecule has 0 unspecified atom stereocenters. The van der Waals surface area contributed by atoms with Gasteiger partial charge in [-0.2, -0.15) is 5.26 Å². The fraction of sp³-hybridized carbons (Fsp3) is 0.292. The third kappa shape index (κ3) is 6.63. The van der Waals surface area contributed by atoms with Crippen molar-refractivity contribution < 1.29 is 23.8 Å².